The summed E-state index contributed by atoms with van der Waals surface area (Å²) in [5.41, 5.74) is 0. The van der Waals surface area contributed by atoms with E-state index in [-0.39, 0.29) is 6.03 Å². The maximum absolute atomic E-state index is 11.8. The average Bonchev–Trinajstić information content (AvgIpc) is 2.56. The van der Waals surface area contributed by atoms with Gasteiger partial charge < -0.3 is 15.1 Å². The highest BCUT2D eigenvalue weighted by Gasteiger charge is 2.31. The summed E-state index contributed by atoms with van der Waals surface area (Å²) in [5, 5.41) is 3.53. The molecule has 0 aromatic heterocycles. The van der Waals surface area contributed by atoms with Crippen molar-refractivity contribution in [2.75, 3.05) is 26.7 Å². The molecule has 0 aliphatic carbocycles. The van der Waals surface area contributed by atoms with Gasteiger partial charge in [-0.1, -0.05) is 6.42 Å². The van der Waals surface area contributed by atoms with Crippen LogP contribution in [0.15, 0.2) is 0 Å². The van der Waals surface area contributed by atoms with Gasteiger partial charge in [-0.15, -0.1) is 0 Å². The number of likely N-dealkylation sites (N-methyl/N-ethyl adjacent to an activating group) is 1. The van der Waals surface area contributed by atoms with Gasteiger partial charge in [-0.05, 0) is 32.7 Å². The number of nitrogens with zero attached hydrogens (tertiary/aromatic N) is 2. The lowest BCUT2D eigenvalue weighted by Gasteiger charge is -2.25. The van der Waals surface area contributed by atoms with Gasteiger partial charge in [0.1, 0.15) is 0 Å². The largest absolute Gasteiger partial charge is 0.323 e. The predicted molar refractivity (Wildman–Crippen MR) is 64.5 cm³/mol. The first-order chi connectivity index (χ1) is 7.68. The van der Waals surface area contributed by atoms with Gasteiger partial charge in [-0.3, -0.25) is 0 Å². The van der Waals surface area contributed by atoms with E-state index in [0.29, 0.717) is 12.1 Å². The Morgan fingerprint density at radius 1 is 1.44 bits per heavy atom. The number of piperidine rings is 1. The molecule has 4 nitrogen and oxygen atoms in total. The highest BCUT2D eigenvalue weighted by Crippen LogP contribution is 2.16. The zero-order valence-electron chi connectivity index (χ0n) is 10.4. The lowest BCUT2D eigenvalue weighted by molar-refractivity contribution is 0.193. The molecule has 92 valence electrons. The second kappa shape index (κ2) is 5.04. The summed E-state index contributed by atoms with van der Waals surface area (Å²) in [4.78, 5) is 15.6. The second-order valence-electron chi connectivity index (χ2n) is 5.12. The fourth-order valence-corrected chi connectivity index (χ4v) is 2.60. The van der Waals surface area contributed by atoms with Crippen LogP contribution in [-0.2, 0) is 0 Å². The van der Waals surface area contributed by atoms with Crippen molar-refractivity contribution in [3.63, 3.8) is 0 Å². The average molecular weight is 225 g/mol. The van der Waals surface area contributed by atoms with Gasteiger partial charge >= 0.3 is 6.03 Å². The topological polar surface area (TPSA) is 35.6 Å². The van der Waals surface area contributed by atoms with Crippen LogP contribution in [0.4, 0.5) is 4.79 Å². The highest BCUT2D eigenvalue weighted by molar-refractivity contribution is 5.76. The molecule has 0 bridgehead atoms. The minimum Gasteiger partial charge on any atom is -0.323 e. The summed E-state index contributed by atoms with van der Waals surface area (Å²) in [6.45, 7) is 5.05. The van der Waals surface area contributed by atoms with E-state index in [1.807, 2.05) is 16.8 Å². The van der Waals surface area contributed by atoms with E-state index in [1.165, 1.54) is 19.3 Å². The molecule has 4 heteroatoms. The van der Waals surface area contributed by atoms with Crippen molar-refractivity contribution in [1.29, 1.82) is 0 Å². The Bertz CT molecular complexity index is 251. The van der Waals surface area contributed by atoms with Crippen LogP contribution in [0.2, 0.25) is 0 Å². The lowest BCUT2D eigenvalue weighted by atomic mass is 10.0. The summed E-state index contributed by atoms with van der Waals surface area (Å²) in [6.07, 6.45) is 5.01. The third kappa shape index (κ3) is 2.48. The van der Waals surface area contributed by atoms with E-state index in [9.17, 15) is 4.79 Å². The Kier molecular flexibility index (Phi) is 3.69. The molecule has 2 saturated heterocycles. The Labute approximate surface area is 98.0 Å². The van der Waals surface area contributed by atoms with Crippen LogP contribution in [0.5, 0.6) is 0 Å². The Hall–Kier alpha value is -0.770. The normalized spacial score (nSPS) is 31.2. The molecule has 2 fully saturated rings. The minimum absolute atomic E-state index is 0.198. The van der Waals surface area contributed by atoms with Crippen molar-refractivity contribution in [2.45, 2.75) is 44.7 Å². The van der Waals surface area contributed by atoms with Crippen molar-refractivity contribution in [1.82, 2.24) is 15.1 Å². The molecule has 0 spiro atoms. The number of amides is 2. The van der Waals surface area contributed by atoms with Gasteiger partial charge in [0.2, 0.25) is 0 Å². The highest BCUT2D eigenvalue weighted by atomic mass is 16.2. The maximum atomic E-state index is 11.8. The molecule has 16 heavy (non-hydrogen) atoms. The molecule has 1 N–H and O–H groups in total. The van der Waals surface area contributed by atoms with E-state index >= 15 is 0 Å². The summed E-state index contributed by atoms with van der Waals surface area (Å²) < 4.78 is 0. The Morgan fingerprint density at radius 2 is 2.25 bits per heavy atom. The fourth-order valence-electron chi connectivity index (χ4n) is 2.60. The summed E-state index contributed by atoms with van der Waals surface area (Å²) >= 11 is 0. The van der Waals surface area contributed by atoms with E-state index in [0.717, 1.165) is 26.1 Å². The van der Waals surface area contributed by atoms with E-state index in [4.69, 9.17) is 0 Å². The number of hydrogen-bond acceptors (Lipinski definition) is 2. The molecule has 0 radical (unpaired) electrons. The van der Waals surface area contributed by atoms with Crippen molar-refractivity contribution in [3.05, 3.63) is 0 Å². The number of carbonyl (C=O) groups is 1. The zero-order valence-corrected chi connectivity index (χ0v) is 10.4. The monoisotopic (exact) mass is 225 g/mol. The molecular formula is C12H23N3O. The summed E-state index contributed by atoms with van der Waals surface area (Å²) in [7, 11) is 1.89. The smallest absolute Gasteiger partial charge is 0.320 e. The van der Waals surface area contributed by atoms with E-state index in [2.05, 4.69) is 12.2 Å². The Balaban J connectivity index is 1.75. The fraction of sp³-hybridized carbons (Fsp3) is 0.917. The molecular weight excluding hydrogens is 202 g/mol. The third-order valence-corrected chi connectivity index (χ3v) is 3.88. The number of nitrogens with one attached hydrogen (secondary N) is 1. The van der Waals surface area contributed by atoms with E-state index < -0.39 is 0 Å². The first-order valence-corrected chi connectivity index (χ1v) is 6.43. The van der Waals surface area contributed by atoms with Crippen molar-refractivity contribution in [2.24, 2.45) is 0 Å². The maximum Gasteiger partial charge on any atom is 0.320 e. The van der Waals surface area contributed by atoms with Crippen LogP contribution in [0.1, 0.15) is 32.6 Å². The summed E-state index contributed by atoms with van der Waals surface area (Å²) in [6, 6.07) is 1.19. The van der Waals surface area contributed by atoms with Gasteiger partial charge in [-0.25, -0.2) is 4.79 Å². The molecule has 2 rings (SSSR count). The van der Waals surface area contributed by atoms with Crippen molar-refractivity contribution in [3.8, 4) is 0 Å². The molecule has 2 aliphatic rings. The standard InChI is InChI=1S/C12H23N3O/c1-10-9-15(12(16)14(10)2)8-6-11-5-3-4-7-13-11/h10-11,13H,3-9H2,1-2H3. The molecule has 2 aliphatic heterocycles. The number of rotatable bonds is 3. The van der Waals surface area contributed by atoms with Gasteiger partial charge in [-0.2, -0.15) is 0 Å². The lowest BCUT2D eigenvalue weighted by Crippen LogP contribution is -2.38. The minimum atomic E-state index is 0.198. The predicted octanol–water partition coefficient (Wildman–Crippen LogP) is 1.27. The molecule has 0 aromatic carbocycles. The number of urea groups is 1. The second-order valence-corrected chi connectivity index (χ2v) is 5.12. The first-order valence-electron chi connectivity index (χ1n) is 6.43. The SMILES string of the molecule is CC1CN(CCC2CCCCN2)C(=O)N1C. The quantitative estimate of drug-likeness (QED) is 0.785. The van der Waals surface area contributed by atoms with Crippen LogP contribution in [0.3, 0.4) is 0 Å². The molecule has 2 heterocycles. The zero-order chi connectivity index (χ0) is 11.5. The third-order valence-electron chi connectivity index (χ3n) is 3.88. The number of hydrogen-bond donors (Lipinski definition) is 1. The van der Waals surface area contributed by atoms with Crippen LogP contribution in [0, 0.1) is 0 Å². The molecule has 2 amide bonds. The van der Waals surface area contributed by atoms with Crippen molar-refractivity contribution < 1.29 is 4.79 Å². The van der Waals surface area contributed by atoms with Crippen LogP contribution >= 0.6 is 0 Å². The van der Waals surface area contributed by atoms with Crippen LogP contribution < -0.4 is 5.32 Å². The van der Waals surface area contributed by atoms with Crippen LogP contribution in [-0.4, -0.2) is 54.6 Å². The van der Waals surface area contributed by atoms with Gasteiger partial charge in [0.15, 0.2) is 0 Å². The summed E-state index contributed by atoms with van der Waals surface area (Å²) in [5.74, 6) is 0. The van der Waals surface area contributed by atoms with Gasteiger partial charge in [0, 0.05) is 32.2 Å². The molecule has 2 atom stereocenters. The number of carbonyl (C=O) groups excluding carboxylic acids is 1. The first kappa shape index (κ1) is 11.7. The molecule has 0 aromatic rings. The molecule has 2 unspecified atom stereocenters. The van der Waals surface area contributed by atoms with Crippen LogP contribution in [0.25, 0.3) is 0 Å². The van der Waals surface area contributed by atoms with Crippen molar-refractivity contribution >= 4 is 6.03 Å². The molecule has 0 saturated carbocycles. The van der Waals surface area contributed by atoms with Gasteiger partial charge in [0.05, 0.1) is 0 Å². The Morgan fingerprint density at radius 3 is 2.81 bits per heavy atom. The van der Waals surface area contributed by atoms with Gasteiger partial charge in [0.25, 0.3) is 0 Å². The van der Waals surface area contributed by atoms with E-state index in [1.54, 1.807) is 0 Å².